The fourth-order valence-corrected chi connectivity index (χ4v) is 3.22. The lowest BCUT2D eigenvalue weighted by Crippen LogP contribution is -2.00. The molecule has 2 aromatic rings. The first-order valence-electron chi connectivity index (χ1n) is 6.18. The number of thioether (sulfide) groups is 1. The molecular formula is C14H17NO2S2. The molecule has 0 radical (unpaired) electrons. The quantitative estimate of drug-likeness (QED) is 0.570. The van der Waals surface area contributed by atoms with E-state index in [0.29, 0.717) is 13.2 Å². The number of hydrogen-bond donors (Lipinski definition) is 0. The second-order valence-corrected chi connectivity index (χ2v) is 6.06. The van der Waals surface area contributed by atoms with E-state index in [1.54, 1.807) is 23.1 Å². The molecule has 0 spiro atoms. The Morgan fingerprint density at radius 3 is 2.42 bits per heavy atom. The van der Waals surface area contributed by atoms with E-state index in [-0.39, 0.29) is 0 Å². The predicted octanol–water partition coefficient (Wildman–Crippen LogP) is 4.02. The molecular weight excluding hydrogens is 278 g/mol. The third-order valence-corrected chi connectivity index (χ3v) is 4.41. The molecule has 0 atom stereocenters. The molecule has 2 rings (SSSR count). The number of rotatable bonds is 7. The van der Waals surface area contributed by atoms with E-state index in [1.807, 2.05) is 38.1 Å². The number of ether oxygens (including phenoxy) is 2. The Kier molecular flexibility index (Phi) is 5.54. The van der Waals surface area contributed by atoms with E-state index in [9.17, 15) is 0 Å². The smallest absolute Gasteiger partial charge is 0.150 e. The molecule has 0 bridgehead atoms. The maximum absolute atomic E-state index is 5.67. The fourth-order valence-electron chi connectivity index (χ4n) is 1.49. The number of aryl methyl sites for hydroxylation is 1. The number of hydrogen-bond acceptors (Lipinski definition) is 5. The minimum Gasteiger partial charge on any atom is -0.494 e. The van der Waals surface area contributed by atoms with Crippen LogP contribution in [0, 0.1) is 6.92 Å². The van der Waals surface area contributed by atoms with Crippen molar-refractivity contribution in [2.45, 2.75) is 18.2 Å². The van der Waals surface area contributed by atoms with Gasteiger partial charge in [0.1, 0.15) is 15.8 Å². The van der Waals surface area contributed by atoms with E-state index >= 15 is 0 Å². The van der Waals surface area contributed by atoms with Crippen molar-refractivity contribution in [3.8, 4) is 11.5 Å². The van der Waals surface area contributed by atoms with Crippen molar-refractivity contribution in [3.05, 3.63) is 35.3 Å². The first kappa shape index (κ1) is 14.2. The molecule has 0 N–H and O–H groups in total. The van der Waals surface area contributed by atoms with E-state index in [4.69, 9.17) is 9.47 Å². The second kappa shape index (κ2) is 7.40. The number of thiazole rings is 1. The molecule has 0 aliphatic rings. The van der Waals surface area contributed by atoms with E-state index in [1.165, 1.54) is 0 Å². The SMILES string of the molecule is CCOc1ccc(OCCSc2nc(C)cs2)cc1. The van der Waals surface area contributed by atoms with E-state index in [0.717, 1.165) is 27.3 Å². The summed E-state index contributed by atoms with van der Waals surface area (Å²) in [6.07, 6.45) is 0. The van der Waals surface area contributed by atoms with Gasteiger partial charge in [0.15, 0.2) is 0 Å². The van der Waals surface area contributed by atoms with Crippen LogP contribution in [-0.4, -0.2) is 24.0 Å². The second-order valence-electron chi connectivity index (χ2n) is 3.86. The Balaban J connectivity index is 1.70. The van der Waals surface area contributed by atoms with E-state index < -0.39 is 0 Å². The monoisotopic (exact) mass is 295 g/mol. The summed E-state index contributed by atoms with van der Waals surface area (Å²) in [5, 5.41) is 2.07. The minimum absolute atomic E-state index is 0.678. The molecule has 0 saturated carbocycles. The minimum atomic E-state index is 0.678. The molecule has 102 valence electrons. The van der Waals surface area contributed by atoms with Crippen LogP contribution < -0.4 is 9.47 Å². The van der Waals surface area contributed by atoms with Gasteiger partial charge in [-0.05, 0) is 38.1 Å². The summed E-state index contributed by atoms with van der Waals surface area (Å²) in [6.45, 7) is 5.35. The van der Waals surface area contributed by atoms with Gasteiger partial charge in [0.2, 0.25) is 0 Å². The maximum Gasteiger partial charge on any atom is 0.150 e. The first-order valence-corrected chi connectivity index (χ1v) is 8.05. The van der Waals surface area contributed by atoms with Crippen LogP contribution in [0.25, 0.3) is 0 Å². The highest BCUT2D eigenvalue weighted by atomic mass is 32.2. The summed E-state index contributed by atoms with van der Waals surface area (Å²) in [7, 11) is 0. The molecule has 19 heavy (non-hydrogen) atoms. The molecule has 0 aliphatic carbocycles. The summed E-state index contributed by atoms with van der Waals surface area (Å²) in [5.74, 6) is 2.65. The summed E-state index contributed by atoms with van der Waals surface area (Å²) in [6, 6.07) is 7.72. The van der Waals surface area contributed by atoms with Crippen LogP contribution in [0.5, 0.6) is 11.5 Å². The van der Waals surface area contributed by atoms with Crippen molar-refractivity contribution in [1.29, 1.82) is 0 Å². The molecule has 0 fully saturated rings. The molecule has 5 heteroatoms. The topological polar surface area (TPSA) is 31.4 Å². The van der Waals surface area contributed by atoms with Crippen LogP contribution in [0.2, 0.25) is 0 Å². The highest BCUT2D eigenvalue weighted by Crippen LogP contribution is 2.22. The largest absolute Gasteiger partial charge is 0.494 e. The molecule has 1 aromatic heterocycles. The zero-order valence-corrected chi connectivity index (χ0v) is 12.7. The van der Waals surface area contributed by atoms with Gasteiger partial charge in [-0.2, -0.15) is 0 Å². The summed E-state index contributed by atoms with van der Waals surface area (Å²) >= 11 is 3.41. The Labute approximate surface area is 122 Å². The Hall–Kier alpha value is -1.20. The summed E-state index contributed by atoms with van der Waals surface area (Å²) < 4.78 is 12.2. The first-order chi connectivity index (χ1) is 9.28. The van der Waals surface area contributed by atoms with Crippen molar-refractivity contribution in [3.63, 3.8) is 0 Å². The molecule has 1 heterocycles. The zero-order valence-electron chi connectivity index (χ0n) is 11.1. The van der Waals surface area contributed by atoms with Crippen molar-refractivity contribution in [1.82, 2.24) is 4.98 Å². The molecule has 0 saturated heterocycles. The molecule has 1 aromatic carbocycles. The van der Waals surface area contributed by atoms with Crippen LogP contribution in [0.15, 0.2) is 34.0 Å². The van der Waals surface area contributed by atoms with Crippen LogP contribution in [0.3, 0.4) is 0 Å². The highest BCUT2D eigenvalue weighted by molar-refractivity contribution is 8.01. The lowest BCUT2D eigenvalue weighted by molar-refractivity contribution is 0.332. The van der Waals surface area contributed by atoms with Gasteiger partial charge in [-0.1, -0.05) is 11.8 Å². The molecule has 0 aliphatic heterocycles. The normalized spacial score (nSPS) is 10.4. The third kappa shape index (κ3) is 4.76. The predicted molar refractivity (Wildman–Crippen MR) is 80.7 cm³/mol. The van der Waals surface area contributed by atoms with Gasteiger partial charge < -0.3 is 9.47 Å². The molecule has 0 amide bonds. The van der Waals surface area contributed by atoms with Crippen molar-refractivity contribution < 1.29 is 9.47 Å². The van der Waals surface area contributed by atoms with Crippen LogP contribution in [0.1, 0.15) is 12.6 Å². The fraction of sp³-hybridized carbons (Fsp3) is 0.357. The Morgan fingerprint density at radius 2 is 1.84 bits per heavy atom. The lowest BCUT2D eigenvalue weighted by atomic mass is 10.3. The van der Waals surface area contributed by atoms with Gasteiger partial charge in [-0.15, -0.1) is 11.3 Å². The highest BCUT2D eigenvalue weighted by Gasteiger charge is 2.00. The standard InChI is InChI=1S/C14H17NO2S2/c1-3-16-12-4-6-13(7-5-12)17-8-9-18-14-15-11(2)10-19-14/h4-7,10H,3,8-9H2,1-2H3. The van der Waals surface area contributed by atoms with Gasteiger partial charge in [0.25, 0.3) is 0 Å². The van der Waals surface area contributed by atoms with Crippen molar-refractivity contribution in [2.75, 3.05) is 19.0 Å². The Bertz CT molecular complexity index is 496. The summed E-state index contributed by atoms with van der Waals surface area (Å²) in [4.78, 5) is 4.40. The number of nitrogens with zero attached hydrogens (tertiary/aromatic N) is 1. The van der Waals surface area contributed by atoms with Gasteiger partial charge >= 0.3 is 0 Å². The maximum atomic E-state index is 5.67. The van der Waals surface area contributed by atoms with Gasteiger partial charge in [-0.25, -0.2) is 4.98 Å². The average Bonchev–Trinajstić information content (AvgIpc) is 2.83. The average molecular weight is 295 g/mol. The van der Waals surface area contributed by atoms with Crippen molar-refractivity contribution >= 4 is 23.1 Å². The van der Waals surface area contributed by atoms with Gasteiger partial charge in [0, 0.05) is 16.8 Å². The Morgan fingerprint density at radius 1 is 1.16 bits per heavy atom. The van der Waals surface area contributed by atoms with E-state index in [2.05, 4.69) is 10.4 Å². The molecule has 3 nitrogen and oxygen atoms in total. The van der Waals surface area contributed by atoms with Crippen LogP contribution in [-0.2, 0) is 0 Å². The third-order valence-electron chi connectivity index (χ3n) is 2.31. The van der Waals surface area contributed by atoms with Crippen LogP contribution in [0.4, 0.5) is 0 Å². The van der Waals surface area contributed by atoms with Gasteiger partial charge in [0.05, 0.1) is 13.2 Å². The number of benzene rings is 1. The lowest BCUT2D eigenvalue weighted by Gasteiger charge is -2.07. The number of aromatic nitrogens is 1. The zero-order chi connectivity index (χ0) is 13.5. The summed E-state index contributed by atoms with van der Waals surface area (Å²) in [5.41, 5.74) is 1.08. The molecule has 0 unspecified atom stereocenters. The van der Waals surface area contributed by atoms with Crippen molar-refractivity contribution in [2.24, 2.45) is 0 Å². The van der Waals surface area contributed by atoms with Gasteiger partial charge in [-0.3, -0.25) is 0 Å². The van der Waals surface area contributed by atoms with Crippen LogP contribution >= 0.6 is 23.1 Å².